The molecular formula is C13H10FN3S2. The third-order valence-corrected chi connectivity index (χ3v) is 4.70. The lowest BCUT2D eigenvalue weighted by Crippen LogP contribution is -1.95. The second-order valence-electron chi connectivity index (χ2n) is 4.75. The Bertz CT molecular complexity index is 826. The zero-order valence-electron chi connectivity index (χ0n) is 9.89. The largest absolute Gasteiger partial charge is 0.296 e. The molecule has 6 heteroatoms. The van der Waals surface area contributed by atoms with Gasteiger partial charge in [-0.2, -0.15) is 5.10 Å². The highest BCUT2D eigenvalue weighted by Gasteiger charge is 2.28. The third kappa shape index (κ3) is 1.82. The second kappa shape index (κ2) is 3.98. The van der Waals surface area contributed by atoms with Gasteiger partial charge in [-0.05, 0) is 48.6 Å². The molecule has 0 radical (unpaired) electrons. The van der Waals surface area contributed by atoms with Crippen molar-refractivity contribution in [1.82, 2.24) is 14.8 Å². The Hall–Kier alpha value is -1.53. The van der Waals surface area contributed by atoms with E-state index in [0.717, 1.165) is 33.6 Å². The first-order valence-corrected chi connectivity index (χ1v) is 7.31. The Morgan fingerprint density at radius 1 is 1.37 bits per heavy atom. The molecule has 1 N–H and O–H groups in total. The molecule has 3 aromatic rings. The van der Waals surface area contributed by atoms with Gasteiger partial charge in [-0.1, -0.05) is 6.07 Å². The van der Waals surface area contributed by atoms with E-state index < -0.39 is 0 Å². The maximum Gasteiger partial charge on any atom is 0.195 e. The van der Waals surface area contributed by atoms with E-state index in [-0.39, 0.29) is 5.82 Å². The smallest absolute Gasteiger partial charge is 0.195 e. The van der Waals surface area contributed by atoms with Crippen LogP contribution in [0.3, 0.4) is 0 Å². The predicted octanol–water partition coefficient (Wildman–Crippen LogP) is 4.30. The molecule has 1 saturated carbocycles. The minimum absolute atomic E-state index is 0.207. The summed E-state index contributed by atoms with van der Waals surface area (Å²) in [6.07, 6.45) is 2.31. The van der Waals surface area contributed by atoms with Crippen molar-refractivity contribution in [3.63, 3.8) is 0 Å². The summed E-state index contributed by atoms with van der Waals surface area (Å²) in [5.74, 6) is 0.663. The molecule has 2 heterocycles. The topological polar surface area (TPSA) is 33.6 Å². The number of fused-ring (bicyclic) bond motifs is 1. The first kappa shape index (κ1) is 11.3. The molecule has 0 aliphatic heterocycles. The molecule has 1 fully saturated rings. The number of hydrogen-bond acceptors (Lipinski definition) is 3. The van der Waals surface area contributed by atoms with E-state index in [9.17, 15) is 4.39 Å². The molecule has 1 aliphatic carbocycles. The third-order valence-electron chi connectivity index (χ3n) is 3.32. The number of aromatic nitrogens is 3. The zero-order valence-corrected chi connectivity index (χ0v) is 11.5. The second-order valence-corrected chi connectivity index (χ2v) is 6.22. The number of thiophene rings is 1. The highest BCUT2D eigenvalue weighted by Crippen LogP contribution is 2.40. The van der Waals surface area contributed by atoms with Crippen LogP contribution in [0, 0.1) is 10.6 Å². The summed E-state index contributed by atoms with van der Waals surface area (Å²) in [7, 11) is 0. The number of halogens is 1. The van der Waals surface area contributed by atoms with Gasteiger partial charge >= 0.3 is 0 Å². The zero-order chi connectivity index (χ0) is 13.0. The van der Waals surface area contributed by atoms with Crippen molar-refractivity contribution < 1.29 is 4.39 Å². The highest BCUT2D eigenvalue weighted by atomic mass is 32.1. The van der Waals surface area contributed by atoms with Crippen LogP contribution in [-0.2, 0) is 0 Å². The van der Waals surface area contributed by atoms with Crippen molar-refractivity contribution in [3.8, 4) is 10.7 Å². The lowest BCUT2D eigenvalue weighted by atomic mass is 10.2. The number of aromatic amines is 1. The van der Waals surface area contributed by atoms with Crippen molar-refractivity contribution in [2.75, 3.05) is 0 Å². The summed E-state index contributed by atoms with van der Waals surface area (Å²) in [6.45, 7) is 0. The molecule has 0 saturated heterocycles. The van der Waals surface area contributed by atoms with E-state index in [1.54, 1.807) is 23.5 Å². The average molecular weight is 291 g/mol. The Morgan fingerprint density at radius 2 is 2.21 bits per heavy atom. The number of rotatable bonds is 2. The SMILES string of the molecule is Fc1ccc2cc(-c3n[nH]c(=S)n3C3CC3)sc2c1. The van der Waals surface area contributed by atoms with Crippen LogP contribution in [0.5, 0.6) is 0 Å². The van der Waals surface area contributed by atoms with Crippen LogP contribution in [0.4, 0.5) is 4.39 Å². The van der Waals surface area contributed by atoms with Gasteiger partial charge in [0.15, 0.2) is 10.6 Å². The van der Waals surface area contributed by atoms with Crippen molar-refractivity contribution in [2.45, 2.75) is 18.9 Å². The molecule has 0 bridgehead atoms. The minimum Gasteiger partial charge on any atom is -0.296 e. The standard InChI is InChI=1S/C13H10FN3S2/c14-8-2-1-7-5-11(19-10(7)6-8)12-15-16-13(18)17(12)9-3-4-9/h1-2,5-6,9H,3-4H2,(H,16,18). The Balaban J connectivity index is 1.92. The van der Waals surface area contributed by atoms with Gasteiger partial charge < -0.3 is 0 Å². The van der Waals surface area contributed by atoms with Crippen molar-refractivity contribution in [1.29, 1.82) is 0 Å². The fourth-order valence-electron chi connectivity index (χ4n) is 2.27. The monoisotopic (exact) mass is 291 g/mol. The Kier molecular flexibility index (Phi) is 2.37. The summed E-state index contributed by atoms with van der Waals surface area (Å²) in [5, 5.41) is 8.23. The number of H-pyrrole nitrogens is 1. The van der Waals surface area contributed by atoms with Crippen LogP contribution in [0.2, 0.25) is 0 Å². The van der Waals surface area contributed by atoms with Gasteiger partial charge in [-0.15, -0.1) is 11.3 Å². The molecule has 4 rings (SSSR count). The van der Waals surface area contributed by atoms with Crippen LogP contribution in [-0.4, -0.2) is 14.8 Å². The van der Waals surface area contributed by atoms with Crippen LogP contribution in [0.25, 0.3) is 20.8 Å². The van der Waals surface area contributed by atoms with Crippen molar-refractivity contribution in [3.05, 3.63) is 34.9 Å². The fraction of sp³-hybridized carbons (Fsp3) is 0.231. The average Bonchev–Trinajstić information content (AvgIpc) is 3.01. The molecule has 1 aromatic carbocycles. The normalized spacial score (nSPS) is 15.2. The van der Waals surface area contributed by atoms with Crippen molar-refractivity contribution in [2.24, 2.45) is 0 Å². The first-order chi connectivity index (χ1) is 9.22. The number of benzene rings is 1. The molecule has 0 spiro atoms. The Labute approximate surface area is 117 Å². The van der Waals surface area contributed by atoms with Gasteiger partial charge in [0.2, 0.25) is 0 Å². The van der Waals surface area contributed by atoms with E-state index in [1.807, 2.05) is 6.07 Å². The van der Waals surface area contributed by atoms with Gasteiger partial charge in [0.25, 0.3) is 0 Å². The molecule has 1 aliphatic rings. The minimum atomic E-state index is -0.207. The van der Waals surface area contributed by atoms with Gasteiger partial charge in [0.05, 0.1) is 4.88 Å². The molecule has 0 amide bonds. The highest BCUT2D eigenvalue weighted by molar-refractivity contribution is 7.71. The van der Waals surface area contributed by atoms with Crippen molar-refractivity contribution >= 4 is 33.6 Å². The van der Waals surface area contributed by atoms with E-state index in [4.69, 9.17) is 12.2 Å². The van der Waals surface area contributed by atoms with E-state index in [0.29, 0.717) is 10.8 Å². The molecular weight excluding hydrogens is 281 g/mol. The summed E-state index contributed by atoms with van der Waals surface area (Å²) < 4.78 is 16.9. The van der Waals surface area contributed by atoms with E-state index >= 15 is 0 Å². The maximum atomic E-state index is 13.2. The lowest BCUT2D eigenvalue weighted by Gasteiger charge is -2.01. The molecule has 19 heavy (non-hydrogen) atoms. The molecule has 2 aromatic heterocycles. The predicted molar refractivity (Wildman–Crippen MR) is 76.5 cm³/mol. The van der Waals surface area contributed by atoms with Gasteiger partial charge in [-0.3, -0.25) is 9.67 Å². The number of hydrogen-bond donors (Lipinski definition) is 1. The van der Waals surface area contributed by atoms with E-state index in [1.165, 1.54) is 6.07 Å². The molecule has 0 unspecified atom stereocenters. The summed E-state index contributed by atoms with van der Waals surface area (Å²) in [6, 6.07) is 7.36. The number of nitrogens with zero attached hydrogens (tertiary/aromatic N) is 2. The van der Waals surface area contributed by atoms with Crippen LogP contribution >= 0.6 is 23.6 Å². The first-order valence-electron chi connectivity index (χ1n) is 6.09. The quantitative estimate of drug-likeness (QED) is 0.714. The summed E-state index contributed by atoms with van der Waals surface area (Å²) in [4.78, 5) is 1.03. The molecule has 0 atom stereocenters. The van der Waals surface area contributed by atoms with Gasteiger partial charge in [-0.25, -0.2) is 4.39 Å². The Morgan fingerprint density at radius 3 is 3.00 bits per heavy atom. The van der Waals surface area contributed by atoms with Crippen LogP contribution < -0.4 is 0 Å². The summed E-state index contributed by atoms with van der Waals surface area (Å²) in [5.41, 5.74) is 0. The molecule has 96 valence electrons. The maximum absolute atomic E-state index is 13.2. The van der Waals surface area contributed by atoms with E-state index in [2.05, 4.69) is 14.8 Å². The summed E-state index contributed by atoms with van der Waals surface area (Å²) >= 11 is 6.83. The molecule has 3 nitrogen and oxygen atoms in total. The van der Waals surface area contributed by atoms with Crippen LogP contribution in [0.15, 0.2) is 24.3 Å². The fourth-order valence-corrected chi connectivity index (χ4v) is 3.62. The number of nitrogens with one attached hydrogen (secondary N) is 1. The lowest BCUT2D eigenvalue weighted by molar-refractivity contribution is 0.630. The van der Waals surface area contributed by atoms with Gasteiger partial charge in [0, 0.05) is 10.7 Å². The van der Waals surface area contributed by atoms with Gasteiger partial charge in [0.1, 0.15) is 5.82 Å². The van der Waals surface area contributed by atoms with Crippen LogP contribution in [0.1, 0.15) is 18.9 Å².